The van der Waals surface area contributed by atoms with Crippen molar-refractivity contribution in [2.75, 3.05) is 6.54 Å². The van der Waals surface area contributed by atoms with E-state index in [0.717, 1.165) is 6.42 Å². The first-order valence-electron chi connectivity index (χ1n) is 6.39. The van der Waals surface area contributed by atoms with Gasteiger partial charge in [-0.05, 0) is 32.3 Å². The minimum atomic E-state index is -0.411. The van der Waals surface area contributed by atoms with Crippen LogP contribution in [0.5, 0.6) is 0 Å². The van der Waals surface area contributed by atoms with Gasteiger partial charge in [0.15, 0.2) is 5.78 Å². The second-order valence-corrected chi connectivity index (χ2v) is 6.48. The zero-order chi connectivity index (χ0) is 14.6. The number of nitrogens with two attached hydrogens (primary N) is 1. The molecule has 0 bridgehead atoms. The normalized spacial score (nSPS) is 14.2. The predicted molar refractivity (Wildman–Crippen MR) is 78.7 cm³/mol. The van der Waals surface area contributed by atoms with Crippen LogP contribution in [0.15, 0.2) is 11.4 Å². The largest absolute Gasteiger partial charge is 0.345 e. The summed E-state index contributed by atoms with van der Waals surface area (Å²) in [7, 11) is 0. The van der Waals surface area contributed by atoms with Gasteiger partial charge in [0.05, 0.1) is 10.4 Å². The summed E-state index contributed by atoms with van der Waals surface area (Å²) in [4.78, 5) is 23.9. The fraction of sp³-hybridized carbons (Fsp3) is 0.571. The molecule has 1 amide bonds. The Hall–Kier alpha value is -1.20. The number of rotatable bonds is 6. The van der Waals surface area contributed by atoms with Crippen molar-refractivity contribution in [3.8, 4) is 0 Å². The smallest absolute Gasteiger partial charge is 0.261 e. The summed E-state index contributed by atoms with van der Waals surface area (Å²) in [5, 5.41) is 4.69. The van der Waals surface area contributed by atoms with Crippen molar-refractivity contribution in [3.05, 3.63) is 21.9 Å². The molecule has 0 saturated heterocycles. The number of hydrogen-bond donors (Lipinski definition) is 2. The summed E-state index contributed by atoms with van der Waals surface area (Å²) in [5.41, 5.74) is 5.94. The Morgan fingerprint density at radius 2 is 2.11 bits per heavy atom. The molecule has 0 fully saturated rings. The summed E-state index contributed by atoms with van der Waals surface area (Å²) < 4.78 is 0. The topological polar surface area (TPSA) is 72.2 Å². The van der Waals surface area contributed by atoms with Crippen LogP contribution in [0, 0.1) is 5.92 Å². The van der Waals surface area contributed by atoms with Gasteiger partial charge in [-0.15, -0.1) is 11.3 Å². The highest BCUT2D eigenvalue weighted by molar-refractivity contribution is 7.12. The van der Waals surface area contributed by atoms with E-state index in [1.807, 2.05) is 6.92 Å². The molecule has 19 heavy (non-hydrogen) atoms. The molecule has 0 aliphatic rings. The molecule has 3 N–H and O–H groups in total. The van der Waals surface area contributed by atoms with E-state index in [1.165, 1.54) is 18.3 Å². The average Bonchev–Trinajstić information content (AvgIpc) is 2.77. The molecule has 0 saturated carbocycles. The number of ketones is 1. The first-order valence-corrected chi connectivity index (χ1v) is 7.27. The van der Waals surface area contributed by atoms with Crippen molar-refractivity contribution in [2.45, 2.75) is 39.7 Å². The lowest BCUT2D eigenvalue weighted by molar-refractivity contribution is 0.0902. The third-order valence-corrected chi connectivity index (χ3v) is 3.88. The highest BCUT2D eigenvalue weighted by Crippen LogP contribution is 2.19. The summed E-state index contributed by atoms with van der Waals surface area (Å²) in [6, 6.07) is 1.63. The summed E-state index contributed by atoms with van der Waals surface area (Å²) in [5.74, 6) is 0.259. The molecule has 0 radical (unpaired) electrons. The number of carbonyl (C=O) groups excluding carboxylic acids is 2. The minimum Gasteiger partial charge on any atom is -0.345 e. The monoisotopic (exact) mass is 282 g/mol. The maximum absolute atomic E-state index is 12.2. The fourth-order valence-corrected chi connectivity index (χ4v) is 2.90. The average molecular weight is 282 g/mol. The maximum atomic E-state index is 12.2. The Bertz CT molecular complexity index is 468. The minimum absolute atomic E-state index is 0.0286. The van der Waals surface area contributed by atoms with Crippen molar-refractivity contribution in [1.82, 2.24) is 5.32 Å². The van der Waals surface area contributed by atoms with Crippen LogP contribution >= 0.6 is 11.3 Å². The zero-order valence-electron chi connectivity index (χ0n) is 11.9. The van der Waals surface area contributed by atoms with Crippen molar-refractivity contribution in [3.63, 3.8) is 0 Å². The number of amides is 1. The van der Waals surface area contributed by atoms with Gasteiger partial charge in [-0.3, -0.25) is 9.59 Å². The van der Waals surface area contributed by atoms with Gasteiger partial charge in [-0.25, -0.2) is 0 Å². The van der Waals surface area contributed by atoms with E-state index in [2.05, 4.69) is 19.2 Å². The Labute approximate surface area is 118 Å². The molecule has 5 heteroatoms. The van der Waals surface area contributed by atoms with Gasteiger partial charge in [-0.2, -0.15) is 0 Å². The molecule has 0 aliphatic heterocycles. The quantitative estimate of drug-likeness (QED) is 0.787. The first-order chi connectivity index (χ1) is 8.77. The maximum Gasteiger partial charge on any atom is 0.261 e. The van der Waals surface area contributed by atoms with Crippen LogP contribution < -0.4 is 11.1 Å². The van der Waals surface area contributed by atoms with E-state index in [4.69, 9.17) is 5.73 Å². The van der Waals surface area contributed by atoms with E-state index < -0.39 is 5.54 Å². The van der Waals surface area contributed by atoms with Crippen molar-refractivity contribution < 1.29 is 9.59 Å². The van der Waals surface area contributed by atoms with Gasteiger partial charge in [0, 0.05) is 17.5 Å². The van der Waals surface area contributed by atoms with Crippen LogP contribution in [0.4, 0.5) is 0 Å². The molecular formula is C14H22N2O2S. The van der Waals surface area contributed by atoms with E-state index in [-0.39, 0.29) is 11.7 Å². The van der Waals surface area contributed by atoms with Crippen molar-refractivity contribution in [2.24, 2.45) is 11.7 Å². The van der Waals surface area contributed by atoms with E-state index >= 15 is 0 Å². The van der Waals surface area contributed by atoms with Crippen LogP contribution in [0.2, 0.25) is 0 Å². The van der Waals surface area contributed by atoms with Crippen LogP contribution in [-0.2, 0) is 0 Å². The Morgan fingerprint density at radius 3 is 2.53 bits per heavy atom. The Kier molecular flexibility index (Phi) is 5.26. The lowest BCUT2D eigenvalue weighted by atomic mass is 9.90. The third kappa shape index (κ3) is 4.44. The van der Waals surface area contributed by atoms with Crippen molar-refractivity contribution >= 4 is 23.0 Å². The second kappa shape index (κ2) is 6.30. The van der Waals surface area contributed by atoms with Gasteiger partial charge in [0.1, 0.15) is 0 Å². The second-order valence-electron chi connectivity index (χ2n) is 5.57. The molecule has 1 rings (SSSR count). The third-order valence-electron chi connectivity index (χ3n) is 2.95. The molecule has 1 atom stereocenters. The van der Waals surface area contributed by atoms with Crippen LogP contribution in [0.1, 0.15) is 54.1 Å². The molecule has 1 aromatic rings. The molecule has 106 valence electrons. The number of Topliss-reactive ketones (excluding diaryl/α,β-unsaturated/α-hetero) is 1. The zero-order valence-corrected chi connectivity index (χ0v) is 12.8. The number of carbonyl (C=O) groups is 2. The molecule has 1 heterocycles. The van der Waals surface area contributed by atoms with Gasteiger partial charge < -0.3 is 11.1 Å². The van der Waals surface area contributed by atoms with Crippen molar-refractivity contribution in [1.29, 1.82) is 0 Å². The summed E-state index contributed by atoms with van der Waals surface area (Å²) in [6.07, 6.45) is 0.820. The standard InChI is InChI=1S/C14H22N2O2S/c1-9(2)6-14(4,8-15)16-13(18)12-5-11(7-19-12)10(3)17/h5,7,9H,6,8,15H2,1-4H3,(H,16,18). The molecule has 4 nitrogen and oxygen atoms in total. The van der Waals surface area contributed by atoms with Gasteiger partial charge >= 0.3 is 0 Å². The summed E-state index contributed by atoms with van der Waals surface area (Å²) in [6.45, 7) is 8.02. The van der Waals surface area contributed by atoms with Crippen LogP contribution in [0.25, 0.3) is 0 Å². The Morgan fingerprint density at radius 1 is 1.47 bits per heavy atom. The van der Waals surface area contributed by atoms with Gasteiger partial charge in [-0.1, -0.05) is 13.8 Å². The van der Waals surface area contributed by atoms with E-state index in [9.17, 15) is 9.59 Å². The van der Waals surface area contributed by atoms with Gasteiger partial charge in [0.2, 0.25) is 0 Å². The molecule has 0 aliphatic carbocycles. The highest BCUT2D eigenvalue weighted by Gasteiger charge is 2.27. The van der Waals surface area contributed by atoms with E-state index in [0.29, 0.717) is 22.9 Å². The molecular weight excluding hydrogens is 260 g/mol. The number of hydrogen-bond acceptors (Lipinski definition) is 4. The number of thiophene rings is 1. The van der Waals surface area contributed by atoms with Gasteiger partial charge in [0.25, 0.3) is 5.91 Å². The SMILES string of the molecule is CC(=O)c1csc(C(=O)NC(C)(CN)CC(C)C)c1. The molecule has 0 spiro atoms. The fourth-order valence-electron chi connectivity index (χ4n) is 2.06. The highest BCUT2D eigenvalue weighted by atomic mass is 32.1. The molecule has 1 unspecified atom stereocenters. The van der Waals surface area contributed by atoms with E-state index in [1.54, 1.807) is 11.4 Å². The molecule has 0 aromatic carbocycles. The van der Waals surface area contributed by atoms with Crippen LogP contribution in [-0.4, -0.2) is 23.8 Å². The summed E-state index contributed by atoms with van der Waals surface area (Å²) >= 11 is 1.28. The Balaban J connectivity index is 2.79. The predicted octanol–water partition coefficient (Wildman–Crippen LogP) is 2.44. The first kappa shape index (κ1) is 15.9. The van der Waals surface area contributed by atoms with Crippen LogP contribution in [0.3, 0.4) is 0 Å². The lowest BCUT2D eigenvalue weighted by Gasteiger charge is -2.31. The lowest BCUT2D eigenvalue weighted by Crippen LogP contribution is -2.52. The number of nitrogens with one attached hydrogen (secondary N) is 1. The molecule has 1 aromatic heterocycles.